The van der Waals surface area contributed by atoms with E-state index in [1.807, 2.05) is 13.0 Å². The van der Waals surface area contributed by atoms with E-state index in [1.54, 1.807) is 48.7 Å². The van der Waals surface area contributed by atoms with Crippen LogP contribution in [0, 0.1) is 11.3 Å². The summed E-state index contributed by atoms with van der Waals surface area (Å²) in [7, 11) is 2.95. The Bertz CT molecular complexity index is 1210. The Hall–Kier alpha value is -3.97. The van der Waals surface area contributed by atoms with Gasteiger partial charge in [0.15, 0.2) is 0 Å². The van der Waals surface area contributed by atoms with Gasteiger partial charge in [0.05, 0.1) is 31.2 Å². The summed E-state index contributed by atoms with van der Waals surface area (Å²) in [6, 6.07) is 9.32. The van der Waals surface area contributed by atoms with E-state index in [1.165, 1.54) is 7.41 Å². The zero-order valence-electron chi connectivity index (χ0n) is 17.6. The number of nitrogens with one attached hydrogen (secondary N) is 1. The van der Waals surface area contributed by atoms with Crippen molar-refractivity contribution >= 4 is 30.9 Å². The Kier molecular flexibility index (Phi) is 5.75. The molecule has 0 amide bonds. The molecule has 0 saturated heterocycles. The number of anilines is 3. The monoisotopic (exact) mass is 427 g/mol. The van der Waals surface area contributed by atoms with Gasteiger partial charge in [0.1, 0.15) is 23.7 Å². The van der Waals surface area contributed by atoms with Crippen LogP contribution in [0.2, 0.25) is 0 Å². The van der Waals surface area contributed by atoms with Crippen LogP contribution in [0.1, 0.15) is 18.1 Å². The van der Waals surface area contributed by atoms with Crippen LogP contribution >= 0.6 is 0 Å². The molecule has 3 aromatic rings. The molecule has 3 heterocycles. The van der Waals surface area contributed by atoms with Gasteiger partial charge in [-0.1, -0.05) is 6.92 Å². The number of fused-ring (bicyclic) bond motifs is 1. The molecule has 2 N–H and O–H groups in total. The Morgan fingerprint density at radius 1 is 1.41 bits per heavy atom. The minimum Gasteiger partial charge on any atom is -0.494 e. The van der Waals surface area contributed by atoms with Crippen molar-refractivity contribution in [3.05, 3.63) is 54.0 Å². The van der Waals surface area contributed by atoms with Gasteiger partial charge in [-0.05, 0) is 23.8 Å². The van der Waals surface area contributed by atoms with Crippen LogP contribution in [0.3, 0.4) is 0 Å². The number of nitriles is 1. The summed E-state index contributed by atoms with van der Waals surface area (Å²) in [5.74, 6) is 0.942. The van der Waals surface area contributed by atoms with E-state index in [9.17, 15) is 15.2 Å². The maximum Gasteiger partial charge on any atom is 0.329 e. The van der Waals surface area contributed by atoms with Gasteiger partial charge < -0.3 is 24.8 Å². The SMILES string of the molecule is COc1ccncc1Nc1nccc(-c2cc(C#N)c3c(c2)[C@@](C)(CO)CN3[B]C=O)n1. The van der Waals surface area contributed by atoms with Crippen molar-refractivity contribution in [2.24, 2.45) is 0 Å². The summed E-state index contributed by atoms with van der Waals surface area (Å²) in [5, 5.41) is 23.0. The number of pyridine rings is 1. The average molecular weight is 427 g/mol. The van der Waals surface area contributed by atoms with Gasteiger partial charge in [-0.3, -0.25) is 4.98 Å². The van der Waals surface area contributed by atoms with Gasteiger partial charge in [0.25, 0.3) is 0 Å². The summed E-state index contributed by atoms with van der Waals surface area (Å²) in [4.78, 5) is 25.8. The molecule has 0 spiro atoms. The highest BCUT2D eigenvalue weighted by Gasteiger charge is 2.40. The third-order valence-electron chi connectivity index (χ3n) is 5.48. The summed E-state index contributed by atoms with van der Waals surface area (Å²) in [6.45, 7) is 2.17. The Morgan fingerprint density at radius 2 is 2.25 bits per heavy atom. The molecule has 32 heavy (non-hydrogen) atoms. The van der Waals surface area contributed by atoms with Crippen molar-refractivity contribution in [2.45, 2.75) is 12.3 Å². The number of aliphatic hydroxyl groups excluding tert-OH is 1. The lowest BCUT2D eigenvalue weighted by atomic mass is 9.83. The van der Waals surface area contributed by atoms with Crippen molar-refractivity contribution < 1.29 is 14.6 Å². The van der Waals surface area contributed by atoms with Gasteiger partial charge in [-0.2, -0.15) is 5.26 Å². The molecule has 0 bridgehead atoms. The number of methoxy groups -OCH3 is 1. The van der Waals surface area contributed by atoms with Crippen LogP contribution in [0.25, 0.3) is 11.3 Å². The highest BCUT2D eigenvalue weighted by molar-refractivity contribution is 6.70. The van der Waals surface area contributed by atoms with Gasteiger partial charge in [-0.25, -0.2) is 9.97 Å². The quantitative estimate of drug-likeness (QED) is 0.431. The number of nitrogens with zero attached hydrogens (tertiary/aromatic N) is 5. The smallest absolute Gasteiger partial charge is 0.329 e. The molecule has 1 radical (unpaired) electrons. The van der Waals surface area contributed by atoms with Crippen LogP contribution in [-0.2, 0) is 10.2 Å². The first kappa shape index (κ1) is 21.3. The molecule has 9 nitrogen and oxygen atoms in total. The molecule has 1 aromatic carbocycles. The maximum atomic E-state index is 11.1. The molecule has 10 heteroatoms. The van der Waals surface area contributed by atoms with Crippen molar-refractivity contribution in [1.29, 1.82) is 5.26 Å². The number of ether oxygens (including phenoxy) is 1. The summed E-state index contributed by atoms with van der Waals surface area (Å²) < 4.78 is 5.33. The zero-order valence-corrected chi connectivity index (χ0v) is 17.6. The van der Waals surface area contributed by atoms with E-state index < -0.39 is 5.41 Å². The standard InChI is InChI=1S/C22H20BN6O3/c1-22(12-30)11-29(23-13-31)20-15(9-24)7-14(8-16(20)22)17-3-6-26-21(27-17)28-18-10-25-5-4-19(18)32-2/h3-8,10,13,30H,11-12H2,1-2H3,(H,26,27,28)/t22-/m1/s1. The molecule has 0 saturated carbocycles. The number of aliphatic hydroxyl groups is 1. The molecule has 159 valence electrons. The predicted molar refractivity (Wildman–Crippen MR) is 121 cm³/mol. The largest absolute Gasteiger partial charge is 0.494 e. The van der Waals surface area contributed by atoms with Crippen molar-refractivity contribution in [3.63, 3.8) is 0 Å². The number of hydrogen-bond acceptors (Lipinski definition) is 9. The Morgan fingerprint density at radius 3 is 2.97 bits per heavy atom. The van der Waals surface area contributed by atoms with E-state index in [2.05, 4.69) is 26.3 Å². The number of hydrogen-bond donors (Lipinski definition) is 2. The van der Waals surface area contributed by atoms with Gasteiger partial charge in [-0.15, -0.1) is 0 Å². The molecule has 2 aromatic heterocycles. The summed E-state index contributed by atoms with van der Waals surface area (Å²) >= 11 is 0. The van der Waals surface area contributed by atoms with Crippen LogP contribution in [-0.4, -0.2) is 53.9 Å². The average Bonchev–Trinajstić information content (AvgIpc) is 3.11. The lowest BCUT2D eigenvalue weighted by Crippen LogP contribution is -2.36. The molecule has 1 aliphatic rings. The van der Waals surface area contributed by atoms with Crippen molar-refractivity contribution in [3.8, 4) is 23.1 Å². The van der Waals surface area contributed by atoms with Gasteiger partial charge >= 0.3 is 7.41 Å². The molecule has 0 fully saturated rings. The first-order valence-electron chi connectivity index (χ1n) is 9.86. The van der Waals surface area contributed by atoms with E-state index >= 15 is 0 Å². The highest BCUT2D eigenvalue weighted by Crippen LogP contribution is 2.44. The van der Waals surface area contributed by atoms with E-state index in [4.69, 9.17) is 4.74 Å². The van der Waals surface area contributed by atoms with E-state index in [0.717, 1.165) is 5.56 Å². The fourth-order valence-corrected chi connectivity index (χ4v) is 3.87. The van der Waals surface area contributed by atoms with Crippen LogP contribution < -0.4 is 14.9 Å². The summed E-state index contributed by atoms with van der Waals surface area (Å²) in [5.41, 5.74) is 3.11. The lowest BCUT2D eigenvalue weighted by molar-refractivity contribution is 0.217. The number of carbonyl (C=O) groups excluding carboxylic acids is 1. The van der Waals surface area contributed by atoms with E-state index in [-0.39, 0.29) is 6.61 Å². The third-order valence-corrected chi connectivity index (χ3v) is 5.48. The highest BCUT2D eigenvalue weighted by atomic mass is 16.5. The first-order chi connectivity index (χ1) is 15.5. The second-order valence-corrected chi connectivity index (χ2v) is 7.63. The maximum absolute atomic E-state index is 11.1. The minimum absolute atomic E-state index is 0.130. The fraction of sp³-hybridized carbons (Fsp3) is 0.227. The molecule has 0 unspecified atom stereocenters. The second kappa shape index (κ2) is 8.65. The van der Waals surface area contributed by atoms with E-state index in [0.29, 0.717) is 52.6 Å². The topological polar surface area (TPSA) is 124 Å². The normalized spacial score (nSPS) is 16.8. The molecule has 4 rings (SSSR count). The van der Waals surface area contributed by atoms with Crippen LogP contribution in [0.5, 0.6) is 5.75 Å². The van der Waals surface area contributed by atoms with Gasteiger partial charge in [0.2, 0.25) is 5.95 Å². The molecule has 1 atom stereocenters. The molecule has 1 aliphatic heterocycles. The third kappa shape index (κ3) is 3.74. The molecular formula is C22H20BN6O3. The molecule has 0 aliphatic carbocycles. The number of aromatic nitrogens is 3. The van der Waals surface area contributed by atoms with Crippen molar-refractivity contribution in [1.82, 2.24) is 15.0 Å². The predicted octanol–water partition coefficient (Wildman–Crippen LogP) is 2.04. The number of carbonyl (C=O) groups is 1. The minimum atomic E-state index is -0.631. The summed E-state index contributed by atoms with van der Waals surface area (Å²) in [6.07, 6.45) is 5.53. The zero-order chi connectivity index (χ0) is 22.7. The number of benzene rings is 1. The second-order valence-electron chi connectivity index (χ2n) is 7.63. The Labute approximate surface area is 186 Å². The van der Waals surface area contributed by atoms with Crippen molar-refractivity contribution in [2.75, 3.05) is 30.4 Å². The van der Waals surface area contributed by atoms with Crippen LogP contribution in [0.15, 0.2) is 42.9 Å². The molecular weight excluding hydrogens is 407 g/mol. The Balaban J connectivity index is 1.77. The van der Waals surface area contributed by atoms with Crippen LogP contribution in [0.4, 0.5) is 17.3 Å². The fourth-order valence-electron chi connectivity index (χ4n) is 3.87. The van der Waals surface area contributed by atoms with Gasteiger partial charge in [0, 0.05) is 41.7 Å². The lowest BCUT2D eigenvalue weighted by Gasteiger charge is -2.23. The number of rotatable bonds is 7. The first-order valence-corrected chi connectivity index (χ1v) is 9.86.